The second-order valence-corrected chi connectivity index (χ2v) is 6.33. The molecule has 2 heterocycles. The molecule has 0 saturated heterocycles. The molecule has 130 valence electrons. The van der Waals surface area contributed by atoms with Crippen LogP contribution < -0.4 is 0 Å². The van der Waals surface area contributed by atoms with Gasteiger partial charge in [0.25, 0.3) is 0 Å². The highest BCUT2D eigenvalue weighted by Gasteiger charge is 2.20. The predicted octanol–water partition coefficient (Wildman–Crippen LogP) is 3.85. The van der Waals surface area contributed by atoms with Gasteiger partial charge in [0.05, 0.1) is 18.0 Å². The Labute approximate surface area is 150 Å². The van der Waals surface area contributed by atoms with Crippen molar-refractivity contribution in [3.8, 4) is 10.6 Å². The third-order valence-corrected chi connectivity index (χ3v) is 4.47. The van der Waals surface area contributed by atoms with E-state index in [1.807, 2.05) is 54.8 Å². The summed E-state index contributed by atoms with van der Waals surface area (Å²) in [6.07, 6.45) is 1.76. The third-order valence-electron chi connectivity index (χ3n) is 3.59. The van der Waals surface area contributed by atoms with Crippen molar-refractivity contribution in [1.29, 1.82) is 0 Å². The van der Waals surface area contributed by atoms with Crippen LogP contribution in [0.25, 0.3) is 10.6 Å². The fourth-order valence-electron chi connectivity index (χ4n) is 2.43. The molecule has 0 saturated carbocycles. The van der Waals surface area contributed by atoms with Crippen LogP contribution in [0.5, 0.6) is 0 Å². The van der Waals surface area contributed by atoms with Crippen molar-refractivity contribution in [3.05, 3.63) is 65.2 Å². The monoisotopic (exact) mass is 356 g/mol. The van der Waals surface area contributed by atoms with Crippen molar-refractivity contribution >= 4 is 17.3 Å². The maximum atomic E-state index is 12.5. The maximum Gasteiger partial charge on any atom is 0.342 e. The fraction of sp³-hybridized carbons (Fsp3) is 0.263. The molecule has 0 aliphatic rings. The summed E-state index contributed by atoms with van der Waals surface area (Å²) < 4.78 is 12.3. The molecule has 0 unspecified atom stereocenters. The molecule has 0 spiro atoms. The Morgan fingerprint density at radius 2 is 2.00 bits per heavy atom. The lowest BCUT2D eigenvalue weighted by molar-refractivity contribution is 0.0336. The van der Waals surface area contributed by atoms with Crippen LogP contribution in [0.3, 0.4) is 0 Å². The standard InChI is InChI=1S/C19H20N2O3S/c1-2-23-10-11-24-19(22)16-14-21(13-15-7-4-3-5-8-15)20-18(16)17-9-6-12-25-17/h3-9,12,14H,2,10-11,13H2,1H3. The first-order chi connectivity index (χ1) is 12.3. The van der Waals surface area contributed by atoms with Crippen LogP contribution >= 0.6 is 11.3 Å². The van der Waals surface area contributed by atoms with Crippen molar-refractivity contribution in [3.63, 3.8) is 0 Å². The summed E-state index contributed by atoms with van der Waals surface area (Å²) in [5.41, 5.74) is 2.27. The summed E-state index contributed by atoms with van der Waals surface area (Å²) in [6, 6.07) is 13.9. The van der Waals surface area contributed by atoms with Gasteiger partial charge in [-0.25, -0.2) is 4.79 Å². The first-order valence-corrected chi connectivity index (χ1v) is 9.06. The van der Waals surface area contributed by atoms with E-state index in [0.717, 1.165) is 10.4 Å². The van der Waals surface area contributed by atoms with Crippen molar-refractivity contribution in [2.24, 2.45) is 0 Å². The molecule has 0 aliphatic carbocycles. The normalized spacial score (nSPS) is 10.8. The minimum absolute atomic E-state index is 0.237. The summed E-state index contributed by atoms with van der Waals surface area (Å²) in [5.74, 6) is -0.373. The third kappa shape index (κ3) is 4.55. The van der Waals surface area contributed by atoms with E-state index in [1.165, 1.54) is 0 Å². The smallest absolute Gasteiger partial charge is 0.342 e. The molecule has 0 radical (unpaired) electrons. The Bertz CT molecular complexity index is 797. The number of carbonyl (C=O) groups is 1. The van der Waals surface area contributed by atoms with E-state index in [4.69, 9.17) is 9.47 Å². The predicted molar refractivity (Wildman–Crippen MR) is 97.9 cm³/mol. The average molecular weight is 356 g/mol. The molecule has 0 fully saturated rings. The van der Waals surface area contributed by atoms with Gasteiger partial charge in [-0.3, -0.25) is 4.68 Å². The number of rotatable bonds is 8. The number of benzene rings is 1. The highest BCUT2D eigenvalue weighted by molar-refractivity contribution is 7.13. The van der Waals surface area contributed by atoms with E-state index < -0.39 is 0 Å². The number of carbonyl (C=O) groups excluding carboxylic acids is 1. The van der Waals surface area contributed by atoms with E-state index in [2.05, 4.69) is 5.10 Å². The average Bonchev–Trinajstić information content (AvgIpc) is 3.29. The summed E-state index contributed by atoms with van der Waals surface area (Å²) >= 11 is 1.55. The molecule has 0 N–H and O–H groups in total. The van der Waals surface area contributed by atoms with Gasteiger partial charge in [-0.15, -0.1) is 11.3 Å². The van der Waals surface area contributed by atoms with Gasteiger partial charge < -0.3 is 9.47 Å². The number of hydrogen-bond acceptors (Lipinski definition) is 5. The van der Waals surface area contributed by atoms with Crippen molar-refractivity contribution in [2.45, 2.75) is 13.5 Å². The van der Waals surface area contributed by atoms with E-state index in [0.29, 0.717) is 31.0 Å². The van der Waals surface area contributed by atoms with E-state index in [1.54, 1.807) is 22.2 Å². The lowest BCUT2D eigenvalue weighted by Gasteiger charge is -2.04. The zero-order valence-electron chi connectivity index (χ0n) is 14.1. The number of nitrogens with zero attached hydrogens (tertiary/aromatic N) is 2. The minimum atomic E-state index is -0.373. The van der Waals surface area contributed by atoms with Crippen molar-refractivity contribution in [1.82, 2.24) is 9.78 Å². The lowest BCUT2D eigenvalue weighted by Crippen LogP contribution is -2.11. The number of thiophene rings is 1. The SMILES string of the molecule is CCOCCOC(=O)c1cn(Cc2ccccc2)nc1-c1cccs1. The molecule has 3 rings (SSSR count). The molecule has 0 bridgehead atoms. The van der Waals surface area contributed by atoms with E-state index in [9.17, 15) is 4.79 Å². The molecule has 3 aromatic rings. The maximum absolute atomic E-state index is 12.5. The van der Waals surface area contributed by atoms with Gasteiger partial charge in [0, 0.05) is 12.8 Å². The van der Waals surface area contributed by atoms with Gasteiger partial charge in [-0.1, -0.05) is 36.4 Å². The van der Waals surface area contributed by atoms with Crippen LogP contribution in [0, 0.1) is 0 Å². The van der Waals surface area contributed by atoms with Crippen LogP contribution in [0.1, 0.15) is 22.8 Å². The molecule has 6 heteroatoms. The molecule has 1 aromatic carbocycles. The molecule has 0 amide bonds. The van der Waals surface area contributed by atoms with Crippen LogP contribution in [-0.2, 0) is 16.0 Å². The number of esters is 1. The Morgan fingerprint density at radius 1 is 1.16 bits per heavy atom. The first-order valence-electron chi connectivity index (χ1n) is 8.18. The summed E-state index contributed by atoms with van der Waals surface area (Å²) in [6.45, 7) is 3.75. The zero-order valence-corrected chi connectivity index (χ0v) is 14.9. The molecule has 0 aliphatic heterocycles. The van der Waals surface area contributed by atoms with E-state index >= 15 is 0 Å². The van der Waals surface area contributed by atoms with Crippen LogP contribution in [0.2, 0.25) is 0 Å². The van der Waals surface area contributed by atoms with Crippen LogP contribution in [0.15, 0.2) is 54.0 Å². The Morgan fingerprint density at radius 3 is 2.72 bits per heavy atom. The second-order valence-electron chi connectivity index (χ2n) is 5.38. The summed E-state index contributed by atoms with van der Waals surface area (Å²) in [7, 11) is 0. The van der Waals surface area contributed by atoms with Gasteiger partial charge in [0.1, 0.15) is 17.9 Å². The molecule has 25 heavy (non-hydrogen) atoms. The summed E-state index contributed by atoms with van der Waals surface area (Å²) in [5, 5.41) is 6.58. The number of ether oxygens (including phenoxy) is 2. The van der Waals surface area contributed by atoms with Gasteiger partial charge >= 0.3 is 5.97 Å². The number of hydrogen-bond donors (Lipinski definition) is 0. The Kier molecular flexibility index (Phi) is 5.98. The van der Waals surface area contributed by atoms with Crippen LogP contribution in [-0.4, -0.2) is 35.6 Å². The van der Waals surface area contributed by atoms with E-state index in [-0.39, 0.29) is 12.6 Å². The van der Waals surface area contributed by atoms with Crippen molar-refractivity contribution in [2.75, 3.05) is 19.8 Å². The quantitative estimate of drug-likeness (QED) is 0.454. The largest absolute Gasteiger partial charge is 0.460 e. The molecule has 5 nitrogen and oxygen atoms in total. The fourth-order valence-corrected chi connectivity index (χ4v) is 3.16. The minimum Gasteiger partial charge on any atom is -0.460 e. The first kappa shape index (κ1) is 17.4. The Hall–Kier alpha value is -2.44. The highest BCUT2D eigenvalue weighted by atomic mass is 32.1. The summed E-state index contributed by atoms with van der Waals surface area (Å²) in [4.78, 5) is 13.4. The van der Waals surface area contributed by atoms with Gasteiger partial charge in [0.2, 0.25) is 0 Å². The highest BCUT2D eigenvalue weighted by Crippen LogP contribution is 2.27. The van der Waals surface area contributed by atoms with Gasteiger partial charge in [-0.05, 0) is 23.9 Å². The molecular weight excluding hydrogens is 336 g/mol. The molecule has 0 atom stereocenters. The lowest BCUT2D eigenvalue weighted by atomic mass is 10.2. The molecular formula is C19H20N2O3S. The van der Waals surface area contributed by atoms with Gasteiger partial charge in [0.15, 0.2) is 0 Å². The second kappa shape index (κ2) is 8.60. The van der Waals surface area contributed by atoms with Crippen LogP contribution in [0.4, 0.5) is 0 Å². The molecule has 2 aromatic heterocycles. The topological polar surface area (TPSA) is 53.4 Å². The zero-order chi connectivity index (χ0) is 17.5. The van der Waals surface area contributed by atoms with Crippen molar-refractivity contribution < 1.29 is 14.3 Å². The van der Waals surface area contributed by atoms with Gasteiger partial charge in [-0.2, -0.15) is 5.10 Å². The Balaban J connectivity index is 1.81. The number of aromatic nitrogens is 2.